The molecule has 1 N–H and O–H groups in total. The second kappa shape index (κ2) is 8.02. The van der Waals surface area contributed by atoms with Crippen molar-refractivity contribution in [1.82, 2.24) is 10.2 Å². The highest BCUT2D eigenvalue weighted by Crippen LogP contribution is 2.32. The van der Waals surface area contributed by atoms with Crippen LogP contribution in [-0.4, -0.2) is 36.0 Å². The molecule has 2 aliphatic heterocycles. The van der Waals surface area contributed by atoms with E-state index in [0.717, 1.165) is 30.2 Å². The number of piperidine rings is 1. The molecule has 2 aliphatic rings. The highest BCUT2D eigenvalue weighted by atomic mass is 16.7. The standard InChI is InChI=1S/C23H22N4O3/c28-23(17-6-10-20-21(14-17)30-15-29-20)24-18-7-4-16(5-8-18)19-9-11-22(26-25-19)27-12-2-1-3-13-27/h4-11,14H,1-3,12-13,15H2,(H,24,28). The summed E-state index contributed by atoms with van der Waals surface area (Å²) in [6, 6.07) is 16.8. The van der Waals surface area contributed by atoms with Gasteiger partial charge in [-0.2, -0.15) is 0 Å². The second-order valence-corrected chi connectivity index (χ2v) is 7.42. The monoisotopic (exact) mass is 402 g/mol. The molecule has 3 heterocycles. The van der Waals surface area contributed by atoms with Crippen LogP contribution in [0.1, 0.15) is 29.6 Å². The number of amides is 1. The summed E-state index contributed by atoms with van der Waals surface area (Å²) in [5, 5.41) is 11.7. The molecule has 0 spiro atoms. The van der Waals surface area contributed by atoms with E-state index in [1.165, 1.54) is 19.3 Å². The molecule has 1 aromatic heterocycles. The van der Waals surface area contributed by atoms with Crippen LogP contribution >= 0.6 is 0 Å². The lowest BCUT2D eigenvalue weighted by Crippen LogP contribution is -2.30. The van der Waals surface area contributed by atoms with Crippen molar-refractivity contribution in [2.75, 3.05) is 30.1 Å². The fraction of sp³-hybridized carbons (Fsp3) is 0.261. The van der Waals surface area contributed by atoms with E-state index < -0.39 is 0 Å². The van der Waals surface area contributed by atoms with Crippen LogP contribution in [-0.2, 0) is 0 Å². The smallest absolute Gasteiger partial charge is 0.255 e. The van der Waals surface area contributed by atoms with E-state index in [-0.39, 0.29) is 12.7 Å². The molecule has 1 fully saturated rings. The number of hydrogen-bond donors (Lipinski definition) is 1. The molecular formula is C23H22N4O3. The summed E-state index contributed by atoms with van der Waals surface area (Å²) in [6.07, 6.45) is 3.71. The van der Waals surface area contributed by atoms with Crippen molar-refractivity contribution in [3.8, 4) is 22.8 Å². The molecule has 5 rings (SSSR count). The number of benzene rings is 2. The van der Waals surface area contributed by atoms with E-state index in [2.05, 4.69) is 20.4 Å². The molecule has 2 aromatic carbocycles. The summed E-state index contributed by atoms with van der Waals surface area (Å²) in [4.78, 5) is 14.8. The number of fused-ring (bicyclic) bond motifs is 1. The summed E-state index contributed by atoms with van der Waals surface area (Å²) >= 11 is 0. The number of rotatable bonds is 4. The predicted octanol–water partition coefficient (Wildman–Crippen LogP) is 4.11. The zero-order chi connectivity index (χ0) is 20.3. The quantitative estimate of drug-likeness (QED) is 0.708. The summed E-state index contributed by atoms with van der Waals surface area (Å²) in [6.45, 7) is 2.28. The van der Waals surface area contributed by atoms with Crippen LogP contribution in [0.3, 0.4) is 0 Å². The van der Waals surface area contributed by atoms with Crippen molar-refractivity contribution in [2.24, 2.45) is 0 Å². The fourth-order valence-corrected chi connectivity index (χ4v) is 3.74. The number of carbonyl (C=O) groups excluding carboxylic acids is 1. The van der Waals surface area contributed by atoms with E-state index >= 15 is 0 Å². The molecule has 1 saturated heterocycles. The minimum atomic E-state index is -0.202. The normalized spacial score (nSPS) is 15.1. The van der Waals surface area contributed by atoms with Gasteiger partial charge >= 0.3 is 0 Å². The Balaban J connectivity index is 1.25. The highest BCUT2D eigenvalue weighted by molar-refractivity contribution is 6.04. The lowest BCUT2D eigenvalue weighted by atomic mass is 10.1. The Morgan fingerprint density at radius 2 is 1.67 bits per heavy atom. The predicted molar refractivity (Wildman–Crippen MR) is 114 cm³/mol. The third-order valence-corrected chi connectivity index (χ3v) is 5.40. The first-order chi connectivity index (χ1) is 14.8. The van der Waals surface area contributed by atoms with Gasteiger partial charge in [-0.15, -0.1) is 10.2 Å². The van der Waals surface area contributed by atoms with Crippen LogP contribution < -0.4 is 19.7 Å². The lowest BCUT2D eigenvalue weighted by molar-refractivity contribution is 0.102. The van der Waals surface area contributed by atoms with Gasteiger partial charge in [-0.3, -0.25) is 4.79 Å². The van der Waals surface area contributed by atoms with Gasteiger partial charge < -0.3 is 19.7 Å². The van der Waals surface area contributed by atoms with Crippen LogP contribution in [0.25, 0.3) is 11.3 Å². The lowest BCUT2D eigenvalue weighted by Gasteiger charge is -2.27. The second-order valence-electron chi connectivity index (χ2n) is 7.42. The van der Waals surface area contributed by atoms with Gasteiger partial charge in [-0.25, -0.2) is 0 Å². The molecular weight excluding hydrogens is 380 g/mol. The van der Waals surface area contributed by atoms with E-state index in [1.807, 2.05) is 36.4 Å². The molecule has 1 amide bonds. The van der Waals surface area contributed by atoms with E-state index in [9.17, 15) is 4.79 Å². The Morgan fingerprint density at radius 1 is 0.867 bits per heavy atom. The molecule has 7 heteroatoms. The number of carbonyl (C=O) groups is 1. The molecule has 7 nitrogen and oxygen atoms in total. The molecule has 0 radical (unpaired) electrons. The van der Waals surface area contributed by atoms with Crippen molar-refractivity contribution in [2.45, 2.75) is 19.3 Å². The number of nitrogens with zero attached hydrogens (tertiary/aromatic N) is 3. The van der Waals surface area contributed by atoms with Crippen LogP contribution in [0.4, 0.5) is 11.5 Å². The topological polar surface area (TPSA) is 76.6 Å². The van der Waals surface area contributed by atoms with E-state index in [1.54, 1.807) is 18.2 Å². The SMILES string of the molecule is O=C(Nc1ccc(-c2ccc(N3CCCCC3)nn2)cc1)c1ccc2c(c1)OCO2. The Labute approximate surface area is 174 Å². The van der Waals surface area contributed by atoms with Gasteiger partial charge in [0.1, 0.15) is 0 Å². The van der Waals surface area contributed by atoms with Gasteiger partial charge in [0, 0.05) is 29.9 Å². The number of hydrogen-bond acceptors (Lipinski definition) is 6. The zero-order valence-electron chi connectivity index (χ0n) is 16.5. The third-order valence-electron chi connectivity index (χ3n) is 5.40. The van der Waals surface area contributed by atoms with Gasteiger partial charge in [0.2, 0.25) is 6.79 Å². The number of aromatic nitrogens is 2. The summed E-state index contributed by atoms with van der Waals surface area (Å²) in [7, 11) is 0. The molecule has 0 atom stereocenters. The maximum Gasteiger partial charge on any atom is 0.255 e. The van der Waals surface area contributed by atoms with Gasteiger partial charge in [0.15, 0.2) is 17.3 Å². The van der Waals surface area contributed by atoms with Crippen molar-refractivity contribution in [3.63, 3.8) is 0 Å². The minimum Gasteiger partial charge on any atom is -0.454 e. The summed E-state index contributed by atoms with van der Waals surface area (Å²) in [5.74, 6) is 1.98. The maximum absolute atomic E-state index is 12.5. The van der Waals surface area contributed by atoms with E-state index in [0.29, 0.717) is 22.7 Å². The Kier molecular flexibility index (Phi) is 4.93. The number of ether oxygens (including phenoxy) is 2. The minimum absolute atomic E-state index is 0.184. The summed E-state index contributed by atoms with van der Waals surface area (Å²) in [5.41, 5.74) is 2.99. The van der Waals surface area contributed by atoms with Gasteiger partial charge in [0.05, 0.1) is 5.69 Å². The Hall–Kier alpha value is -3.61. The van der Waals surface area contributed by atoms with Crippen LogP contribution in [0.15, 0.2) is 54.6 Å². The average Bonchev–Trinajstić information content (AvgIpc) is 3.28. The van der Waals surface area contributed by atoms with E-state index in [4.69, 9.17) is 9.47 Å². The molecule has 0 bridgehead atoms. The van der Waals surface area contributed by atoms with Crippen LogP contribution in [0.5, 0.6) is 11.5 Å². The third kappa shape index (κ3) is 3.78. The van der Waals surface area contributed by atoms with Crippen molar-refractivity contribution in [1.29, 1.82) is 0 Å². The molecule has 0 unspecified atom stereocenters. The molecule has 152 valence electrons. The van der Waals surface area contributed by atoms with Gasteiger partial charge in [-0.1, -0.05) is 12.1 Å². The Bertz CT molecular complexity index is 1050. The molecule has 0 aliphatic carbocycles. The van der Waals surface area contributed by atoms with Crippen molar-refractivity contribution < 1.29 is 14.3 Å². The number of anilines is 2. The molecule has 30 heavy (non-hydrogen) atoms. The van der Waals surface area contributed by atoms with Crippen LogP contribution in [0, 0.1) is 0 Å². The summed E-state index contributed by atoms with van der Waals surface area (Å²) < 4.78 is 10.6. The molecule has 0 saturated carbocycles. The van der Waals surface area contributed by atoms with Crippen LogP contribution in [0.2, 0.25) is 0 Å². The largest absolute Gasteiger partial charge is 0.454 e. The Morgan fingerprint density at radius 3 is 2.43 bits per heavy atom. The first-order valence-corrected chi connectivity index (χ1v) is 10.2. The first-order valence-electron chi connectivity index (χ1n) is 10.2. The first kappa shape index (κ1) is 18.4. The number of nitrogens with one attached hydrogen (secondary N) is 1. The zero-order valence-corrected chi connectivity index (χ0v) is 16.5. The maximum atomic E-state index is 12.5. The van der Waals surface area contributed by atoms with Crippen molar-refractivity contribution in [3.05, 3.63) is 60.2 Å². The average molecular weight is 402 g/mol. The van der Waals surface area contributed by atoms with Gasteiger partial charge in [-0.05, 0) is 61.7 Å². The fourth-order valence-electron chi connectivity index (χ4n) is 3.74. The van der Waals surface area contributed by atoms with Gasteiger partial charge in [0.25, 0.3) is 5.91 Å². The highest BCUT2D eigenvalue weighted by Gasteiger charge is 2.16. The molecule has 3 aromatic rings. The van der Waals surface area contributed by atoms with Crippen molar-refractivity contribution >= 4 is 17.4 Å².